The van der Waals surface area contributed by atoms with E-state index in [1.807, 2.05) is 12.1 Å². The van der Waals surface area contributed by atoms with Gasteiger partial charge in [-0.25, -0.2) is 0 Å². The predicted molar refractivity (Wildman–Crippen MR) is 238 cm³/mol. The first kappa shape index (κ1) is 31.4. The van der Waals surface area contributed by atoms with Crippen LogP contribution < -0.4 is 0 Å². The molecule has 1 nitrogen and oxygen atoms in total. The van der Waals surface area contributed by atoms with Gasteiger partial charge in [0.1, 0.15) is 11.2 Å². The standard InChI is InChI=1S/C55H36O/c1-55(2)48-29-27-36(32-47(48)53-40-16-5-3-13-37(40)38-14-4-10-21-45(38)54(53)55)52-43-19-8-6-17-41(43)51(42-18-7-9-20-44(42)52)34-25-23-33(24-26-34)35-28-30-50-46(31-35)39-15-11-12-22-49(39)56-50/h3-32H,1-2H3. The zero-order chi connectivity index (χ0) is 37.1. The number of hydrogen-bond donors (Lipinski definition) is 0. The molecule has 1 aromatic heterocycles. The molecule has 0 saturated carbocycles. The summed E-state index contributed by atoms with van der Waals surface area (Å²) in [6.45, 7) is 4.81. The van der Waals surface area contributed by atoms with Crippen LogP contribution >= 0.6 is 0 Å². The number of rotatable bonds is 3. The zero-order valence-electron chi connectivity index (χ0n) is 31.2. The second-order valence-electron chi connectivity index (χ2n) is 16.0. The summed E-state index contributed by atoms with van der Waals surface area (Å²) in [5.41, 5.74) is 14.7. The molecule has 56 heavy (non-hydrogen) atoms. The minimum Gasteiger partial charge on any atom is -0.456 e. The molecule has 0 unspecified atom stereocenters. The van der Waals surface area contributed by atoms with E-state index in [4.69, 9.17) is 4.42 Å². The quantitative estimate of drug-likeness (QED) is 0.131. The molecule has 1 aliphatic rings. The molecule has 0 aliphatic heterocycles. The highest BCUT2D eigenvalue weighted by Gasteiger charge is 2.38. The van der Waals surface area contributed by atoms with Crippen LogP contribution in [-0.2, 0) is 5.41 Å². The van der Waals surface area contributed by atoms with Crippen molar-refractivity contribution in [2.24, 2.45) is 0 Å². The van der Waals surface area contributed by atoms with Crippen molar-refractivity contribution >= 4 is 65.0 Å². The third-order valence-electron chi connectivity index (χ3n) is 12.6. The van der Waals surface area contributed by atoms with Crippen LogP contribution in [0, 0.1) is 0 Å². The lowest BCUT2D eigenvalue weighted by atomic mass is 9.79. The first-order valence-electron chi connectivity index (χ1n) is 19.6. The number of hydrogen-bond acceptors (Lipinski definition) is 1. The van der Waals surface area contributed by atoms with Crippen molar-refractivity contribution < 1.29 is 4.42 Å². The lowest BCUT2D eigenvalue weighted by Crippen LogP contribution is -2.15. The molecular weight excluding hydrogens is 677 g/mol. The van der Waals surface area contributed by atoms with Crippen molar-refractivity contribution in [3.05, 3.63) is 193 Å². The Hall–Kier alpha value is -6.96. The van der Waals surface area contributed by atoms with E-state index in [-0.39, 0.29) is 5.41 Å². The van der Waals surface area contributed by atoms with Gasteiger partial charge in [-0.2, -0.15) is 0 Å². The fourth-order valence-corrected chi connectivity index (χ4v) is 10.1. The molecule has 1 aliphatic carbocycles. The fourth-order valence-electron chi connectivity index (χ4n) is 10.1. The zero-order valence-corrected chi connectivity index (χ0v) is 31.2. The van der Waals surface area contributed by atoms with Gasteiger partial charge < -0.3 is 4.42 Å². The van der Waals surface area contributed by atoms with E-state index in [9.17, 15) is 0 Å². The van der Waals surface area contributed by atoms with Crippen molar-refractivity contribution in [1.82, 2.24) is 0 Å². The lowest BCUT2D eigenvalue weighted by Gasteiger charge is -2.24. The Labute approximate surface area is 325 Å². The molecule has 0 radical (unpaired) electrons. The average molecular weight is 713 g/mol. The summed E-state index contributed by atoms with van der Waals surface area (Å²) < 4.78 is 6.12. The van der Waals surface area contributed by atoms with Crippen LogP contribution in [0.4, 0.5) is 0 Å². The maximum atomic E-state index is 6.12. The SMILES string of the molecule is CC1(C)c2ccc(-c3c4ccccc4c(-c4ccc(-c5ccc6oc7ccccc7c6c5)cc4)c4ccccc34)cc2-c2c1c1ccccc1c1ccccc21. The fraction of sp³-hybridized carbons (Fsp3) is 0.0545. The molecule has 262 valence electrons. The van der Waals surface area contributed by atoms with Gasteiger partial charge in [0.05, 0.1) is 0 Å². The molecule has 1 heteroatoms. The minimum atomic E-state index is -0.134. The Kier molecular flexibility index (Phi) is 6.46. The Morgan fingerprint density at radius 2 is 0.768 bits per heavy atom. The summed E-state index contributed by atoms with van der Waals surface area (Å²) in [6, 6.07) is 67.1. The van der Waals surface area contributed by atoms with Crippen LogP contribution in [0.1, 0.15) is 25.0 Å². The van der Waals surface area contributed by atoms with Gasteiger partial charge >= 0.3 is 0 Å². The maximum absolute atomic E-state index is 6.12. The Bertz CT molecular complexity index is 3370. The molecule has 0 fully saturated rings. The van der Waals surface area contributed by atoms with Gasteiger partial charge in [-0.1, -0.05) is 172 Å². The molecule has 0 N–H and O–H groups in total. The Morgan fingerprint density at radius 3 is 1.41 bits per heavy atom. The average Bonchev–Trinajstić information content (AvgIpc) is 3.74. The maximum Gasteiger partial charge on any atom is 0.135 e. The predicted octanol–water partition coefficient (Wildman–Crippen LogP) is 15.5. The van der Waals surface area contributed by atoms with Crippen LogP contribution in [0.3, 0.4) is 0 Å². The summed E-state index contributed by atoms with van der Waals surface area (Å²) in [5, 5.41) is 12.7. The smallest absolute Gasteiger partial charge is 0.135 e. The molecule has 12 rings (SSSR count). The molecule has 1 heterocycles. The van der Waals surface area contributed by atoms with Crippen LogP contribution in [-0.4, -0.2) is 0 Å². The molecule has 10 aromatic carbocycles. The Morgan fingerprint density at radius 1 is 0.321 bits per heavy atom. The molecular formula is C55H36O. The summed E-state index contributed by atoms with van der Waals surface area (Å²) in [7, 11) is 0. The van der Waals surface area contributed by atoms with Crippen LogP contribution in [0.5, 0.6) is 0 Å². The third kappa shape index (κ3) is 4.31. The number of benzene rings is 10. The van der Waals surface area contributed by atoms with Gasteiger partial charge in [0.15, 0.2) is 0 Å². The number of furan rings is 1. The number of para-hydroxylation sites is 1. The van der Waals surface area contributed by atoms with E-state index in [1.54, 1.807) is 0 Å². The van der Waals surface area contributed by atoms with Gasteiger partial charge in [0, 0.05) is 16.2 Å². The first-order chi connectivity index (χ1) is 27.5. The Balaban J connectivity index is 1.05. The molecule has 0 spiro atoms. The highest BCUT2D eigenvalue weighted by molar-refractivity contribution is 6.23. The minimum absolute atomic E-state index is 0.134. The van der Waals surface area contributed by atoms with Crippen LogP contribution in [0.25, 0.3) is 110 Å². The molecule has 11 aromatic rings. The lowest BCUT2D eigenvalue weighted by molar-refractivity contribution is 0.666. The highest BCUT2D eigenvalue weighted by atomic mass is 16.3. The normalized spacial score (nSPS) is 13.3. The topological polar surface area (TPSA) is 13.1 Å². The van der Waals surface area contributed by atoms with E-state index in [0.29, 0.717) is 0 Å². The van der Waals surface area contributed by atoms with Gasteiger partial charge in [0.2, 0.25) is 0 Å². The summed E-state index contributed by atoms with van der Waals surface area (Å²) in [6.07, 6.45) is 0. The molecule has 0 amide bonds. The van der Waals surface area contributed by atoms with E-state index in [0.717, 1.165) is 21.9 Å². The van der Waals surface area contributed by atoms with Gasteiger partial charge in [-0.3, -0.25) is 0 Å². The highest BCUT2D eigenvalue weighted by Crippen LogP contribution is 2.56. The molecule has 0 saturated heterocycles. The molecule has 0 bridgehead atoms. The van der Waals surface area contributed by atoms with E-state index in [2.05, 4.69) is 184 Å². The number of fused-ring (bicyclic) bond motifs is 13. The van der Waals surface area contributed by atoms with Gasteiger partial charge in [-0.05, 0) is 123 Å². The van der Waals surface area contributed by atoms with Crippen molar-refractivity contribution in [2.75, 3.05) is 0 Å². The van der Waals surface area contributed by atoms with Gasteiger partial charge in [0.25, 0.3) is 0 Å². The van der Waals surface area contributed by atoms with Crippen LogP contribution in [0.15, 0.2) is 186 Å². The third-order valence-corrected chi connectivity index (χ3v) is 12.6. The monoisotopic (exact) mass is 712 g/mol. The van der Waals surface area contributed by atoms with Gasteiger partial charge in [-0.15, -0.1) is 0 Å². The van der Waals surface area contributed by atoms with Crippen molar-refractivity contribution in [1.29, 1.82) is 0 Å². The largest absolute Gasteiger partial charge is 0.456 e. The molecule has 0 atom stereocenters. The van der Waals surface area contributed by atoms with E-state index >= 15 is 0 Å². The summed E-state index contributed by atoms with van der Waals surface area (Å²) >= 11 is 0. The van der Waals surface area contributed by atoms with Crippen molar-refractivity contribution in [3.63, 3.8) is 0 Å². The van der Waals surface area contributed by atoms with Crippen molar-refractivity contribution in [3.8, 4) is 44.5 Å². The summed E-state index contributed by atoms with van der Waals surface area (Å²) in [5.74, 6) is 0. The van der Waals surface area contributed by atoms with E-state index < -0.39 is 0 Å². The first-order valence-corrected chi connectivity index (χ1v) is 19.6. The van der Waals surface area contributed by atoms with Crippen molar-refractivity contribution in [2.45, 2.75) is 19.3 Å². The second kappa shape index (κ2) is 11.5. The second-order valence-corrected chi connectivity index (χ2v) is 16.0. The summed E-state index contributed by atoms with van der Waals surface area (Å²) in [4.78, 5) is 0. The van der Waals surface area contributed by atoms with E-state index in [1.165, 1.54) is 98.7 Å². The van der Waals surface area contributed by atoms with Crippen LogP contribution in [0.2, 0.25) is 0 Å².